The van der Waals surface area contributed by atoms with Gasteiger partial charge >= 0.3 is 0 Å². The second-order valence-electron chi connectivity index (χ2n) is 4.78. The topological polar surface area (TPSA) is 71.0 Å². The molecule has 0 bridgehead atoms. The van der Waals surface area contributed by atoms with Crippen molar-refractivity contribution < 1.29 is 5.21 Å². The number of hydrogen-bond acceptors (Lipinski definition) is 3. The predicted octanol–water partition coefficient (Wildman–Crippen LogP) is 2.55. The molecule has 18 heavy (non-hydrogen) atoms. The van der Waals surface area contributed by atoms with Crippen LogP contribution in [0.15, 0.2) is 44.7 Å². The molecule has 0 fully saturated rings. The first-order valence-electron chi connectivity index (χ1n) is 6.05. The lowest BCUT2D eigenvalue weighted by molar-refractivity contribution is 0.313. The normalized spacial score (nSPS) is 30.8. The number of amidine groups is 1. The molecule has 0 aromatic heterocycles. The van der Waals surface area contributed by atoms with E-state index in [2.05, 4.69) is 10.1 Å². The van der Waals surface area contributed by atoms with Crippen LogP contribution in [0.3, 0.4) is 0 Å². The summed E-state index contributed by atoms with van der Waals surface area (Å²) in [5.74, 6) is 0.383. The molecule has 1 aliphatic heterocycles. The lowest BCUT2D eigenvalue weighted by Crippen LogP contribution is -2.27. The average Bonchev–Trinajstić information content (AvgIpc) is 2.75. The van der Waals surface area contributed by atoms with E-state index in [4.69, 9.17) is 22.5 Å². The van der Waals surface area contributed by atoms with E-state index in [-0.39, 0.29) is 17.7 Å². The Bertz CT molecular complexity index is 542. The summed E-state index contributed by atoms with van der Waals surface area (Å²) in [6, 6.07) is 0. The van der Waals surface area contributed by atoms with Gasteiger partial charge in [-0.1, -0.05) is 22.8 Å². The summed E-state index contributed by atoms with van der Waals surface area (Å²) in [7, 11) is 0. The number of hydrogen-bond donors (Lipinski definition) is 2. The maximum atomic E-state index is 8.85. The summed E-state index contributed by atoms with van der Waals surface area (Å²) in [6.07, 6.45) is 8.77. The fourth-order valence-electron chi connectivity index (χ4n) is 2.90. The molecule has 0 saturated heterocycles. The highest BCUT2D eigenvalue weighted by atomic mass is 35.5. The molecule has 94 valence electrons. The van der Waals surface area contributed by atoms with Gasteiger partial charge in [-0.15, -0.1) is 0 Å². The second-order valence-corrected chi connectivity index (χ2v) is 5.22. The summed E-state index contributed by atoms with van der Waals surface area (Å²) in [5.41, 5.74) is 9.02. The van der Waals surface area contributed by atoms with Crippen molar-refractivity contribution >= 4 is 23.1 Å². The lowest BCUT2D eigenvalue weighted by atomic mass is 9.81. The predicted molar refractivity (Wildman–Crippen MR) is 71.8 cm³/mol. The first kappa shape index (κ1) is 11.5. The molecule has 1 heterocycles. The monoisotopic (exact) mass is 263 g/mol. The van der Waals surface area contributed by atoms with Crippen molar-refractivity contribution in [3.05, 3.63) is 34.5 Å². The Morgan fingerprint density at radius 1 is 1.50 bits per heavy atom. The highest BCUT2D eigenvalue weighted by molar-refractivity contribution is 6.32. The van der Waals surface area contributed by atoms with Crippen LogP contribution in [-0.4, -0.2) is 16.8 Å². The fourth-order valence-corrected chi connectivity index (χ4v) is 3.09. The molecule has 0 radical (unpaired) electrons. The Hall–Kier alpha value is -1.55. The Morgan fingerprint density at radius 2 is 2.33 bits per heavy atom. The van der Waals surface area contributed by atoms with Crippen LogP contribution in [-0.2, 0) is 0 Å². The van der Waals surface area contributed by atoms with Crippen LogP contribution >= 0.6 is 11.6 Å². The van der Waals surface area contributed by atoms with E-state index >= 15 is 0 Å². The van der Waals surface area contributed by atoms with Crippen molar-refractivity contribution in [1.29, 1.82) is 0 Å². The van der Waals surface area contributed by atoms with E-state index < -0.39 is 0 Å². The summed E-state index contributed by atoms with van der Waals surface area (Å²) >= 11 is 6.05. The minimum Gasteiger partial charge on any atom is -0.409 e. The smallest absolute Gasteiger partial charge is 0.148 e. The number of nitrogens with zero attached hydrogens (tertiary/aromatic N) is 2. The Morgan fingerprint density at radius 3 is 3.11 bits per heavy atom. The Balaban J connectivity index is 2.03. The summed E-state index contributed by atoms with van der Waals surface area (Å²) < 4.78 is 0. The van der Waals surface area contributed by atoms with Crippen LogP contribution in [0, 0.1) is 11.8 Å². The molecule has 0 aromatic rings. The van der Waals surface area contributed by atoms with E-state index in [1.54, 1.807) is 0 Å². The van der Waals surface area contributed by atoms with Gasteiger partial charge in [-0.05, 0) is 37.0 Å². The molecule has 2 atom stereocenters. The van der Waals surface area contributed by atoms with Crippen molar-refractivity contribution in [3.63, 3.8) is 0 Å². The molecular weight excluding hydrogens is 250 g/mol. The van der Waals surface area contributed by atoms with E-state index in [0.29, 0.717) is 0 Å². The maximum Gasteiger partial charge on any atom is 0.148 e. The van der Waals surface area contributed by atoms with Gasteiger partial charge < -0.3 is 10.9 Å². The molecule has 5 heteroatoms. The zero-order valence-corrected chi connectivity index (χ0v) is 10.6. The molecule has 0 saturated carbocycles. The SMILES string of the molecule is NC(=NO)[C@@H]1CCCC2=C1N=C1C=CC(Cl)=C[C@H]12. The maximum absolute atomic E-state index is 8.85. The van der Waals surface area contributed by atoms with Crippen molar-refractivity contribution in [2.45, 2.75) is 19.3 Å². The molecule has 0 amide bonds. The number of allylic oxidation sites excluding steroid dienone is 5. The minimum absolute atomic E-state index is 0.0579. The number of oxime groups is 1. The van der Waals surface area contributed by atoms with Gasteiger partial charge in [0, 0.05) is 11.0 Å². The van der Waals surface area contributed by atoms with Crippen LogP contribution < -0.4 is 5.73 Å². The first-order chi connectivity index (χ1) is 8.70. The third-order valence-corrected chi connectivity index (χ3v) is 4.01. The summed E-state index contributed by atoms with van der Waals surface area (Å²) in [4.78, 5) is 4.65. The van der Waals surface area contributed by atoms with E-state index in [0.717, 1.165) is 35.7 Å². The number of halogens is 1. The second kappa shape index (κ2) is 4.28. The van der Waals surface area contributed by atoms with Gasteiger partial charge in [-0.2, -0.15) is 0 Å². The molecule has 4 nitrogen and oxygen atoms in total. The Kier molecular flexibility index (Phi) is 2.74. The van der Waals surface area contributed by atoms with Crippen molar-refractivity contribution in [2.75, 3.05) is 0 Å². The van der Waals surface area contributed by atoms with Crippen LogP contribution in [0.1, 0.15) is 19.3 Å². The molecule has 0 spiro atoms. The molecule has 3 rings (SSSR count). The van der Waals surface area contributed by atoms with Crippen LogP contribution in [0.2, 0.25) is 0 Å². The number of aliphatic imine (C=N–C) groups is 1. The number of rotatable bonds is 1. The van der Waals surface area contributed by atoms with Crippen LogP contribution in [0.4, 0.5) is 0 Å². The zero-order chi connectivity index (χ0) is 12.7. The lowest BCUT2D eigenvalue weighted by Gasteiger charge is -2.24. The summed E-state index contributed by atoms with van der Waals surface area (Å²) in [6.45, 7) is 0. The van der Waals surface area contributed by atoms with Gasteiger partial charge in [-0.3, -0.25) is 4.99 Å². The molecular formula is C13H14ClN3O. The quantitative estimate of drug-likeness (QED) is 0.330. The Labute approximate surface area is 110 Å². The summed E-state index contributed by atoms with van der Waals surface area (Å²) in [5, 5.41) is 12.7. The third-order valence-electron chi connectivity index (χ3n) is 3.75. The largest absolute Gasteiger partial charge is 0.409 e. The van der Waals surface area contributed by atoms with Gasteiger partial charge in [0.25, 0.3) is 0 Å². The van der Waals surface area contributed by atoms with Gasteiger partial charge in [0.15, 0.2) is 0 Å². The fraction of sp³-hybridized carbons (Fsp3) is 0.385. The number of fused-ring (bicyclic) bond motifs is 2. The van der Waals surface area contributed by atoms with Gasteiger partial charge in [0.1, 0.15) is 5.84 Å². The minimum atomic E-state index is -0.0579. The molecule has 2 aliphatic carbocycles. The third kappa shape index (κ3) is 1.68. The standard InChI is InChI=1S/C13H14ClN3O/c14-7-4-5-11-10(6-7)8-2-1-3-9(12(8)16-11)13(15)17-18/h4-6,9-10,18H,1-3H2,(H2,15,17)/t9-,10+/m1/s1. The van der Waals surface area contributed by atoms with Gasteiger partial charge in [0.2, 0.25) is 0 Å². The highest BCUT2D eigenvalue weighted by Crippen LogP contribution is 2.42. The van der Waals surface area contributed by atoms with Gasteiger partial charge in [0.05, 0.1) is 17.3 Å². The molecule has 3 aliphatic rings. The molecule has 0 unspecified atom stereocenters. The van der Waals surface area contributed by atoms with Crippen molar-refractivity contribution in [3.8, 4) is 0 Å². The average molecular weight is 264 g/mol. The molecule has 3 N–H and O–H groups in total. The van der Waals surface area contributed by atoms with E-state index in [1.807, 2.05) is 18.2 Å². The van der Waals surface area contributed by atoms with Crippen LogP contribution in [0.25, 0.3) is 0 Å². The van der Waals surface area contributed by atoms with Crippen molar-refractivity contribution in [1.82, 2.24) is 0 Å². The number of nitrogens with two attached hydrogens (primary N) is 1. The first-order valence-corrected chi connectivity index (χ1v) is 6.43. The zero-order valence-electron chi connectivity index (χ0n) is 9.81. The molecule has 0 aromatic carbocycles. The van der Waals surface area contributed by atoms with E-state index in [9.17, 15) is 0 Å². The van der Waals surface area contributed by atoms with Crippen molar-refractivity contribution in [2.24, 2.45) is 27.7 Å². The van der Waals surface area contributed by atoms with Crippen LogP contribution in [0.5, 0.6) is 0 Å². The highest BCUT2D eigenvalue weighted by Gasteiger charge is 2.36. The van der Waals surface area contributed by atoms with Gasteiger partial charge in [-0.25, -0.2) is 0 Å². The van der Waals surface area contributed by atoms with E-state index in [1.165, 1.54) is 5.57 Å².